The van der Waals surface area contributed by atoms with E-state index in [4.69, 9.17) is 0 Å². The number of phenols is 1. The third kappa shape index (κ3) is 3.26. The van der Waals surface area contributed by atoms with E-state index in [2.05, 4.69) is 9.72 Å². The van der Waals surface area contributed by atoms with Crippen LogP contribution in [0.25, 0.3) is 10.9 Å². The monoisotopic (exact) mass is 353 g/mol. The summed E-state index contributed by atoms with van der Waals surface area (Å²) in [4.78, 5) is 28.1. The van der Waals surface area contributed by atoms with Gasteiger partial charge in [0, 0.05) is 17.1 Å². The topological polar surface area (TPSA) is 76.5 Å². The lowest BCUT2D eigenvalue weighted by Crippen LogP contribution is -2.06. The maximum Gasteiger partial charge on any atom is 0.341 e. The number of nitrogens with zero attached hydrogens (tertiary/aromatic N) is 1. The number of ketones is 1. The predicted molar refractivity (Wildman–Crippen MR) is 94.0 cm³/mol. The number of benzene rings is 2. The van der Waals surface area contributed by atoms with Crippen LogP contribution < -0.4 is 0 Å². The number of aromatic hydroxyl groups is 1. The molecular weight excluding hydrogens is 337 g/mol. The van der Waals surface area contributed by atoms with Gasteiger partial charge in [0.2, 0.25) is 0 Å². The van der Waals surface area contributed by atoms with Crippen molar-refractivity contribution in [1.82, 2.24) is 4.98 Å². The minimum absolute atomic E-state index is 0.107. The van der Waals surface area contributed by atoms with Crippen LogP contribution in [0.4, 0.5) is 4.39 Å². The van der Waals surface area contributed by atoms with Gasteiger partial charge in [-0.3, -0.25) is 9.78 Å². The second-order valence-corrected chi connectivity index (χ2v) is 5.91. The first-order chi connectivity index (χ1) is 12.4. The molecule has 0 aliphatic heterocycles. The zero-order chi connectivity index (χ0) is 18.8. The molecule has 1 aromatic heterocycles. The number of phenolic OH excluding ortho intramolecular Hbond substituents is 1. The fourth-order valence-corrected chi connectivity index (χ4v) is 2.81. The third-order valence-corrected chi connectivity index (χ3v) is 4.11. The molecule has 0 aliphatic carbocycles. The van der Waals surface area contributed by atoms with E-state index in [-0.39, 0.29) is 34.0 Å². The summed E-state index contributed by atoms with van der Waals surface area (Å²) in [5.41, 5.74) is 1.99. The molecule has 0 spiro atoms. The molecule has 3 aromatic rings. The Morgan fingerprint density at radius 1 is 1.12 bits per heavy atom. The molecule has 2 aromatic carbocycles. The molecule has 0 atom stereocenters. The summed E-state index contributed by atoms with van der Waals surface area (Å²) in [7, 11) is 1.19. The van der Waals surface area contributed by atoms with E-state index in [1.54, 1.807) is 24.4 Å². The van der Waals surface area contributed by atoms with E-state index in [1.165, 1.54) is 32.2 Å². The molecule has 3 rings (SSSR count). The Hall–Kier alpha value is -3.28. The first-order valence-corrected chi connectivity index (χ1v) is 7.89. The van der Waals surface area contributed by atoms with Gasteiger partial charge < -0.3 is 9.84 Å². The van der Waals surface area contributed by atoms with Crippen LogP contribution in [0.1, 0.15) is 38.8 Å². The Balaban J connectivity index is 2.13. The fraction of sp³-hybridized carbons (Fsp3) is 0.150. The molecule has 0 radical (unpaired) electrons. The summed E-state index contributed by atoms with van der Waals surface area (Å²) < 4.78 is 17.7. The summed E-state index contributed by atoms with van der Waals surface area (Å²) in [5, 5.41) is 10.8. The van der Waals surface area contributed by atoms with Gasteiger partial charge in [-0.2, -0.15) is 0 Å². The highest BCUT2D eigenvalue weighted by Gasteiger charge is 2.20. The zero-order valence-electron chi connectivity index (χ0n) is 14.2. The third-order valence-electron chi connectivity index (χ3n) is 4.11. The van der Waals surface area contributed by atoms with E-state index < -0.39 is 5.97 Å². The first kappa shape index (κ1) is 17.5. The maximum absolute atomic E-state index is 13.0. The lowest BCUT2D eigenvalue weighted by Gasteiger charge is -2.11. The van der Waals surface area contributed by atoms with Crippen molar-refractivity contribution in [2.45, 2.75) is 13.3 Å². The molecule has 6 heteroatoms. The van der Waals surface area contributed by atoms with Gasteiger partial charge >= 0.3 is 5.97 Å². The van der Waals surface area contributed by atoms with Gasteiger partial charge in [-0.1, -0.05) is 12.1 Å². The van der Waals surface area contributed by atoms with E-state index in [0.717, 1.165) is 11.1 Å². The quantitative estimate of drug-likeness (QED) is 0.572. The number of pyridine rings is 1. The number of fused-ring (bicyclic) bond motifs is 1. The number of carbonyl (C=O) groups is 2. The molecule has 0 saturated heterocycles. The number of hydrogen-bond acceptors (Lipinski definition) is 5. The zero-order valence-corrected chi connectivity index (χ0v) is 14.2. The highest BCUT2D eigenvalue weighted by Crippen LogP contribution is 2.32. The lowest BCUT2D eigenvalue weighted by atomic mass is 9.97. The summed E-state index contributed by atoms with van der Waals surface area (Å²) >= 11 is 0. The van der Waals surface area contributed by atoms with Gasteiger partial charge in [-0.05, 0) is 48.7 Å². The molecule has 132 valence electrons. The number of rotatable bonds is 4. The fourth-order valence-electron chi connectivity index (χ4n) is 2.81. The molecule has 0 amide bonds. The van der Waals surface area contributed by atoms with Crippen LogP contribution >= 0.6 is 0 Å². The molecule has 5 nitrogen and oxygen atoms in total. The van der Waals surface area contributed by atoms with Crippen molar-refractivity contribution in [1.29, 1.82) is 0 Å². The molecule has 1 N–H and O–H groups in total. The Morgan fingerprint density at radius 3 is 2.42 bits per heavy atom. The summed E-state index contributed by atoms with van der Waals surface area (Å²) in [6.45, 7) is 1.37. The molecule has 0 saturated carbocycles. The highest BCUT2D eigenvalue weighted by atomic mass is 19.1. The average molecular weight is 353 g/mol. The van der Waals surface area contributed by atoms with E-state index in [9.17, 15) is 19.1 Å². The van der Waals surface area contributed by atoms with Crippen molar-refractivity contribution in [2.75, 3.05) is 7.11 Å². The van der Waals surface area contributed by atoms with E-state index in [0.29, 0.717) is 11.8 Å². The number of esters is 1. The molecule has 1 heterocycles. The van der Waals surface area contributed by atoms with Crippen molar-refractivity contribution < 1.29 is 23.8 Å². The molecule has 0 fully saturated rings. The van der Waals surface area contributed by atoms with Crippen LogP contribution in [0.15, 0.2) is 42.6 Å². The van der Waals surface area contributed by atoms with Gasteiger partial charge in [0.15, 0.2) is 11.5 Å². The Morgan fingerprint density at radius 2 is 1.81 bits per heavy atom. The minimum atomic E-state index is -0.746. The molecule has 0 bridgehead atoms. The Bertz CT molecular complexity index is 1010. The normalized spacial score (nSPS) is 10.7. The van der Waals surface area contributed by atoms with Crippen LogP contribution in [-0.2, 0) is 11.2 Å². The van der Waals surface area contributed by atoms with Gasteiger partial charge in [0.05, 0.1) is 7.11 Å². The summed E-state index contributed by atoms with van der Waals surface area (Å²) in [6, 6.07) is 9.14. The molecule has 0 unspecified atom stereocenters. The van der Waals surface area contributed by atoms with Gasteiger partial charge in [-0.25, -0.2) is 9.18 Å². The van der Waals surface area contributed by atoms with E-state index >= 15 is 0 Å². The minimum Gasteiger partial charge on any atom is -0.505 e. The average Bonchev–Trinajstić information content (AvgIpc) is 2.63. The smallest absolute Gasteiger partial charge is 0.341 e. The second-order valence-electron chi connectivity index (χ2n) is 5.91. The standard InChI is InChI=1S/C20H16FNO4/c1-11(23)15-9-17(20(25)26-2)19(24)18-16(15)8-13(10-22-18)7-12-3-5-14(21)6-4-12/h3-6,8-10,24H,7H2,1-2H3. The van der Waals surface area contributed by atoms with Crippen molar-refractivity contribution in [3.8, 4) is 5.75 Å². The summed E-state index contributed by atoms with van der Waals surface area (Å²) in [6.07, 6.45) is 2.04. The summed E-state index contributed by atoms with van der Waals surface area (Å²) in [5.74, 6) is -1.65. The largest absolute Gasteiger partial charge is 0.505 e. The van der Waals surface area contributed by atoms with Crippen LogP contribution in [-0.4, -0.2) is 29.0 Å². The van der Waals surface area contributed by atoms with Crippen molar-refractivity contribution in [3.05, 3.63) is 70.7 Å². The van der Waals surface area contributed by atoms with Crippen LogP contribution in [0.5, 0.6) is 5.75 Å². The number of hydrogen-bond donors (Lipinski definition) is 1. The lowest BCUT2D eigenvalue weighted by molar-refractivity contribution is 0.0597. The van der Waals surface area contributed by atoms with Crippen LogP contribution in [0.3, 0.4) is 0 Å². The number of carbonyl (C=O) groups excluding carboxylic acids is 2. The number of halogens is 1. The first-order valence-electron chi connectivity index (χ1n) is 7.89. The molecular formula is C20H16FNO4. The van der Waals surface area contributed by atoms with Crippen LogP contribution in [0.2, 0.25) is 0 Å². The van der Waals surface area contributed by atoms with Crippen molar-refractivity contribution in [3.63, 3.8) is 0 Å². The van der Waals surface area contributed by atoms with Gasteiger partial charge in [0.25, 0.3) is 0 Å². The number of aromatic nitrogens is 1. The maximum atomic E-state index is 13.0. The number of ether oxygens (including phenoxy) is 1. The van der Waals surface area contributed by atoms with Gasteiger partial charge in [-0.15, -0.1) is 0 Å². The van der Waals surface area contributed by atoms with E-state index in [1.807, 2.05) is 0 Å². The van der Waals surface area contributed by atoms with Gasteiger partial charge in [0.1, 0.15) is 16.9 Å². The molecule has 26 heavy (non-hydrogen) atoms. The van der Waals surface area contributed by atoms with Crippen LogP contribution in [0, 0.1) is 5.82 Å². The second kappa shape index (κ2) is 6.92. The highest BCUT2D eigenvalue weighted by molar-refractivity contribution is 6.11. The SMILES string of the molecule is COC(=O)c1cc(C(C)=O)c2cc(Cc3ccc(F)cc3)cnc2c1O. The Kier molecular flexibility index (Phi) is 4.67. The van der Waals surface area contributed by atoms with Crippen molar-refractivity contribution in [2.24, 2.45) is 0 Å². The number of Topliss-reactive ketones (excluding diaryl/α,β-unsaturated/α-hetero) is 1. The number of methoxy groups -OCH3 is 1. The van der Waals surface area contributed by atoms with Crippen molar-refractivity contribution >= 4 is 22.7 Å². The Labute approximate surface area is 149 Å². The predicted octanol–water partition coefficient (Wildman–Crippen LogP) is 3.66. The molecule has 0 aliphatic rings.